The molecule has 28 heavy (non-hydrogen) atoms. The van der Waals surface area contributed by atoms with Crippen molar-refractivity contribution in [2.45, 2.75) is 30.7 Å². The highest BCUT2D eigenvalue weighted by Crippen LogP contribution is 2.29. The maximum absolute atomic E-state index is 13.3. The summed E-state index contributed by atoms with van der Waals surface area (Å²) in [6, 6.07) is 12.7. The highest BCUT2D eigenvalue weighted by Gasteiger charge is 2.22. The Labute approximate surface area is 171 Å². The van der Waals surface area contributed by atoms with E-state index in [1.54, 1.807) is 42.6 Å². The molecule has 1 aromatic heterocycles. The number of nitrogens with one attached hydrogen (secondary N) is 1. The number of anilines is 1. The molecule has 0 unspecified atom stereocenters. The van der Waals surface area contributed by atoms with Crippen LogP contribution in [0.4, 0.5) is 5.69 Å². The van der Waals surface area contributed by atoms with Crippen molar-refractivity contribution in [1.29, 1.82) is 0 Å². The van der Waals surface area contributed by atoms with Crippen LogP contribution in [0.25, 0.3) is 10.9 Å². The fourth-order valence-electron chi connectivity index (χ4n) is 3.72. The van der Waals surface area contributed by atoms with Crippen molar-refractivity contribution in [2.24, 2.45) is 0 Å². The first-order valence-corrected chi connectivity index (χ1v) is 11.2. The minimum Gasteiger partial charge on any atom is -0.382 e. The highest BCUT2D eigenvalue weighted by molar-refractivity contribution is 7.90. The van der Waals surface area contributed by atoms with Crippen LogP contribution in [0.3, 0.4) is 0 Å². The van der Waals surface area contributed by atoms with Crippen molar-refractivity contribution in [3.05, 3.63) is 59.2 Å². The molecule has 2 aromatic carbocycles. The van der Waals surface area contributed by atoms with E-state index in [1.807, 2.05) is 13.0 Å². The van der Waals surface area contributed by atoms with E-state index in [4.69, 9.17) is 11.6 Å². The molecule has 148 valence electrons. The Morgan fingerprint density at radius 3 is 2.61 bits per heavy atom. The molecule has 0 bridgehead atoms. The van der Waals surface area contributed by atoms with Crippen molar-refractivity contribution in [3.63, 3.8) is 0 Å². The molecule has 1 saturated heterocycles. The molecule has 4 rings (SSSR count). The van der Waals surface area contributed by atoms with Gasteiger partial charge in [-0.15, -0.1) is 0 Å². The third-order valence-corrected chi connectivity index (χ3v) is 7.50. The van der Waals surface area contributed by atoms with Crippen LogP contribution >= 0.6 is 11.6 Å². The number of nitrogens with zero attached hydrogens (tertiary/aromatic N) is 2. The number of halogens is 1. The summed E-state index contributed by atoms with van der Waals surface area (Å²) in [5.74, 6) is 0. The van der Waals surface area contributed by atoms with Gasteiger partial charge in [-0.3, -0.25) is 0 Å². The molecular formula is C21H24ClN3O2S. The van der Waals surface area contributed by atoms with Crippen LogP contribution in [0.2, 0.25) is 5.02 Å². The predicted molar refractivity (Wildman–Crippen MR) is 115 cm³/mol. The summed E-state index contributed by atoms with van der Waals surface area (Å²) in [5.41, 5.74) is 2.50. The van der Waals surface area contributed by atoms with Crippen molar-refractivity contribution in [3.8, 4) is 0 Å². The van der Waals surface area contributed by atoms with Crippen LogP contribution in [0.15, 0.2) is 53.6 Å². The molecule has 1 fully saturated rings. The number of benzene rings is 2. The van der Waals surface area contributed by atoms with Gasteiger partial charge in [-0.05, 0) is 75.8 Å². The Kier molecular flexibility index (Phi) is 5.12. The third-order valence-electron chi connectivity index (χ3n) is 5.49. The smallest absolute Gasteiger partial charge is 0.268 e. The summed E-state index contributed by atoms with van der Waals surface area (Å²) < 4.78 is 27.9. The highest BCUT2D eigenvalue weighted by atomic mass is 35.5. The normalized spacial score (nSPS) is 16.5. The SMILES string of the molecule is Cc1ccc(S(=O)(=O)n2ccc3c(Cl)cccc32)cc1NC1CCN(C)CC1. The number of aryl methyl sites for hydroxylation is 1. The third kappa shape index (κ3) is 3.52. The first-order chi connectivity index (χ1) is 13.4. The van der Waals surface area contributed by atoms with Crippen LogP contribution in [-0.2, 0) is 10.0 Å². The molecule has 1 aliphatic heterocycles. The van der Waals surface area contributed by atoms with Gasteiger partial charge in [0.2, 0.25) is 0 Å². The van der Waals surface area contributed by atoms with Crippen LogP contribution < -0.4 is 5.32 Å². The second kappa shape index (κ2) is 7.43. The topological polar surface area (TPSA) is 54.3 Å². The van der Waals surface area contributed by atoms with Gasteiger partial charge in [0, 0.05) is 28.3 Å². The Balaban J connectivity index is 1.69. The summed E-state index contributed by atoms with van der Waals surface area (Å²) in [5, 5.41) is 4.82. The van der Waals surface area contributed by atoms with Gasteiger partial charge in [0.05, 0.1) is 10.4 Å². The predicted octanol–water partition coefficient (Wildman–Crippen LogP) is 4.35. The largest absolute Gasteiger partial charge is 0.382 e. The molecule has 1 aliphatic rings. The molecule has 0 spiro atoms. The van der Waals surface area contributed by atoms with E-state index in [9.17, 15) is 8.42 Å². The van der Waals surface area contributed by atoms with Gasteiger partial charge in [0.1, 0.15) is 0 Å². The number of rotatable bonds is 4. The maximum atomic E-state index is 13.3. The average Bonchev–Trinajstić information content (AvgIpc) is 3.11. The van der Waals surface area contributed by atoms with Gasteiger partial charge in [-0.25, -0.2) is 12.4 Å². The molecule has 2 heterocycles. The monoisotopic (exact) mass is 417 g/mol. The van der Waals surface area contributed by atoms with Crippen LogP contribution in [0.5, 0.6) is 0 Å². The minimum absolute atomic E-state index is 0.269. The molecule has 0 atom stereocenters. The second-order valence-electron chi connectivity index (χ2n) is 7.49. The van der Waals surface area contributed by atoms with E-state index < -0.39 is 10.0 Å². The molecule has 0 amide bonds. The zero-order valence-corrected chi connectivity index (χ0v) is 17.6. The van der Waals surface area contributed by atoms with Gasteiger partial charge in [-0.1, -0.05) is 23.7 Å². The zero-order chi connectivity index (χ0) is 19.9. The lowest BCUT2D eigenvalue weighted by Crippen LogP contribution is -2.36. The lowest BCUT2D eigenvalue weighted by atomic mass is 10.0. The number of fused-ring (bicyclic) bond motifs is 1. The first kappa shape index (κ1) is 19.3. The number of likely N-dealkylation sites (tertiary alicyclic amines) is 1. The van der Waals surface area contributed by atoms with Crippen LogP contribution in [0, 0.1) is 6.92 Å². The summed E-state index contributed by atoms with van der Waals surface area (Å²) in [6.07, 6.45) is 3.66. The quantitative estimate of drug-likeness (QED) is 0.685. The van der Waals surface area contributed by atoms with Gasteiger partial charge in [0.15, 0.2) is 0 Å². The molecule has 0 radical (unpaired) electrons. The van der Waals surface area contributed by atoms with E-state index in [0.29, 0.717) is 16.6 Å². The van der Waals surface area contributed by atoms with Crippen molar-refractivity contribution >= 4 is 38.2 Å². The van der Waals surface area contributed by atoms with Gasteiger partial charge < -0.3 is 10.2 Å². The zero-order valence-electron chi connectivity index (χ0n) is 16.0. The molecule has 3 aromatic rings. The van der Waals surface area contributed by atoms with Gasteiger partial charge >= 0.3 is 0 Å². The number of hydrogen-bond donors (Lipinski definition) is 1. The van der Waals surface area contributed by atoms with E-state index >= 15 is 0 Å². The molecular weight excluding hydrogens is 394 g/mol. The first-order valence-electron chi connectivity index (χ1n) is 9.43. The van der Waals surface area contributed by atoms with E-state index in [0.717, 1.165) is 42.6 Å². The maximum Gasteiger partial charge on any atom is 0.268 e. The molecule has 7 heteroatoms. The second-order valence-corrected chi connectivity index (χ2v) is 9.71. The Morgan fingerprint density at radius 1 is 1.11 bits per heavy atom. The lowest BCUT2D eigenvalue weighted by Gasteiger charge is -2.30. The van der Waals surface area contributed by atoms with Crippen LogP contribution in [-0.4, -0.2) is 43.5 Å². The van der Waals surface area contributed by atoms with E-state index in [2.05, 4.69) is 17.3 Å². The van der Waals surface area contributed by atoms with Crippen molar-refractivity contribution in [1.82, 2.24) is 8.87 Å². The van der Waals surface area contributed by atoms with E-state index in [1.165, 1.54) is 3.97 Å². The lowest BCUT2D eigenvalue weighted by molar-refractivity contribution is 0.264. The number of hydrogen-bond acceptors (Lipinski definition) is 4. The standard InChI is InChI=1S/C21H24ClN3O2S/c1-15-6-7-17(14-20(15)23-16-8-11-24(2)12-9-16)28(26,27)25-13-10-18-19(22)4-3-5-21(18)25/h3-7,10,13-14,16,23H,8-9,11-12H2,1-2H3. The van der Waals surface area contributed by atoms with Gasteiger partial charge in [-0.2, -0.15) is 0 Å². The Morgan fingerprint density at radius 2 is 1.86 bits per heavy atom. The summed E-state index contributed by atoms with van der Waals surface area (Å²) >= 11 is 6.21. The van der Waals surface area contributed by atoms with E-state index in [-0.39, 0.29) is 4.90 Å². The fourth-order valence-corrected chi connectivity index (χ4v) is 5.32. The summed E-state index contributed by atoms with van der Waals surface area (Å²) in [7, 11) is -1.59. The number of aromatic nitrogens is 1. The Hall–Kier alpha value is -2.02. The molecule has 0 saturated carbocycles. The van der Waals surface area contributed by atoms with Gasteiger partial charge in [0.25, 0.3) is 10.0 Å². The molecule has 0 aliphatic carbocycles. The summed E-state index contributed by atoms with van der Waals surface area (Å²) in [6.45, 7) is 4.09. The van der Waals surface area contributed by atoms with Crippen LogP contribution in [0.1, 0.15) is 18.4 Å². The van der Waals surface area contributed by atoms with Crippen molar-refractivity contribution in [2.75, 3.05) is 25.5 Å². The summed E-state index contributed by atoms with van der Waals surface area (Å²) in [4.78, 5) is 2.58. The number of piperidine rings is 1. The molecule has 5 nitrogen and oxygen atoms in total. The van der Waals surface area contributed by atoms with Crippen molar-refractivity contribution < 1.29 is 8.42 Å². The average molecular weight is 418 g/mol. The fraction of sp³-hybridized carbons (Fsp3) is 0.333. The Bertz CT molecular complexity index is 1120. The minimum atomic E-state index is -3.72. The molecule has 1 N–H and O–H groups in total.